The van der Waals surface area contributed by atoms with Crippen LogP contribution in [0.2, 0.25) is 0 Å². The second-order valence-corrected chi connectivity index (χ2v) is 4.20. The predicted molar refractivity (Wildman–Crippen MR) is 52.5 cm³/mol. The minimum atomic E-state index is 0.799. The fraction of sp³-hybridized carbons (Fsp3) is 0.750. The van der Waals surface area contributed by atoms with Crippen LogP contribution in [0, 0.1) is 5.92 Å². The van der Waals surface area contributed by atoms with E-state index in [4.69, 9.17) is 0 Å². The van der Waals surface area contributed by atoms with Gasteiger partial charge in [0, 0.05) is 4.48 Å². The Hall–Kier alpha value is 0.700. The SMILES string of the molecule is Br/C=C(/Br)C1CCCCC1. The lowest BCUT2D eigenvalue weighted by molar-refractivity contribution is 0.416. The van der Waals surface area contributed by atoms with Crippen molar-refractivity contribution in [2.75, 3.05) is 0 Å². The topological polar surface area (TPSA) is 0 Å². The van der Waals surface area contributed by atoms with Crippen molar-refractivity contribution < 1.29 is 0 Å². The largest absolute Gasteiger partial charge is 0.0586 e. The van der Waals surface area contributed by atoms with Gasteiger partial charge < -0.3 is 0 Å². The van der Waals surface area contributed by atoms with Gasteiger partial charge >= 0.3 is 0 Å². The molecule has 1 fully saturated rings. The van der Waals surface area contributed by atoms with Gasteiger partial charge in [0.15, 0.2) is 0 Å². The zero-order valence-corrected chi connectivity index (χ0v) is 9.12. The van der Waals surface area contributed by atoms with E-state index in [1.165, 1.54) is 36.6 Å². The summed E-state index contributed by atoms with van der Waals surface area (Å²) in [7, 11) is 0. The highest BCUT2D eigenvalue weighted by Gasteiger charge is 2.14. The molecule has 0 heterocycles. The van der Waals surface area contributed by atoms with Gasteiger partial charge in [-0.05, 0) is 23.7 Å². The summed E-state index contributed by atoms with van der Waals surface area (Å²) in [5.41, 5.74) is 0. The van der Waals surface area contributed by atoms with E-state index < -0.39 is 0 Å². The van der Waals surface area contributed by atoms with E-state index >= 15 is 0 Å². The highest BCUT2D eigenvalue weighted by atomic mass is 79.9. The molecule has 1 saturated carbocycles. The Balaban J connectivity index is 2.39. The van der Waals surface area contributed by atoms with Crippen LogP contribution in [0.5, 0.6) is 0 Å². The first-order chi connectivity index (χ1) is 4.84. The molecule has 0 bridgehead atoms. The summed E-state index contributed by atoms with van der Waals surface area (Å²) in [6.45, 7) is 0. The Labute approximate surface area is 79.3 Å². The summed E-state index contributed by atoms with van der Waals surface area (Å²) in [5, 5.41) is 0. The zero-order chi connectivity index (χ0) is 7.40. The Morgan fingerprint density at radius 1 is 1.20 bits per heavy atom. The molecule has 1 rings (SSSR count). The molecule has 1 aliphatic carbocycles. The van der Waals surface area contributed by atoms with Crippen LogP contribution >= 0.6 is 31.9 Å². The molecule has 10 heavy (non-hydrogen) atoms. The van der Waals surface area contributed by atoms with Crippen molar-refractivity contribution in [2.24, 2.45) is 5.92 Å². The third-order valence-electron chi connectivity index (χ3n) is 2.10. The van der Waals surface area contributed by atoms with Gasteiger partial charge in [-0.3, -0.25) is 0 Å². The van der Waals surface area contributed by atoms with Gasteiger partial charge in [-0.25, -0.2) is 0 Å². The maximum absolute atomic E-state index is 3.55. The van der Waals surface area contributed by atoms with Crippen LogP contribution in [0.25, 0.3) is 0 Å². The maximum atomic E-state index is 3.55. The Kier molecular flexibility index (Phi) is 4.00. The first kappa shape index (κ1) is 8.79. The fourth-order valence-electron chi connectivity index (χ4n) is 1.47. The second-order valence-electron chi connectivity index (χ2n) is 2.83. The van der Waals surface area contributed by atoms with Crippen LogP contribution in [0.4, 0.5) is 0 Å². The van der Waals surface area contributed by atoms with Crippen LogP contribution in [0.3, 0.4) is 0 Å². The minimum Gasteiger partial charge on any atom is -0.0586 e. The van der Waals surface area contributed by atoms with Crippen molar-refractivity contribution in [1.82, 2.24) is 0 Å². The molecule has 0 radical (unpaired) electrons. The van der Waals surface area contributed by atoms with Crippen LogP contribution in [-0.4, -0.2) is 0 Å². The van der Waals surface area contributed by atoms with Crippen molar-refractivity contribution in [2.45, 2.75) is 32.1 Å². The summed E-state index contributed by atoms with van der Waals surface area (Å²) < 4.78 is 1.34. The lowest BCUT2D eigenvalue weighted by atomic mass is 9.89. The quantitative estimate of drug-likeness (QED) is 0.668. The number of allylic oxidation sites excluding steroid dienone is 1. The van der Waals surface area contributed by atoms with E-state index in [-0.39, 0.29) is 0 Å². The maximum Gasteiger partial charge on any atom is 0.00507 e. The van der Waals surface area contributed by atoms with Gasteiger partial charge in [0.05, 0.1) is 0 Å². The van der Waals surface area contributed by atoms with Crippen LogP contribution < -0.4 is 0 Å². The molecule has 2 heteroatoms. The normalized spacial score (nSPS) is 23.2. The van der Waals surface area contributed by atoms with E-state index in [0.717, 1.165) is 5.92 Å². The van der Waals surface area contributed by atoms with Crippen molar-refractivity contribution in [1.29, 1.82) is 0 Å². The van der Waals surface area contributed by atoms with Gasteiger partial charge in [-0.15, -0.1) is 0 Å². The third kappa shape index (κ3) is 2.39. The summed E-state index contributed by atoms with van der Waals surface area (Å²) in [6.07, 6.45) is 6.96. The number of hydrogen-bond acceptors (Lipinski definition) is 0. The number of hydrogen-bond donors (Lipinski definition) is 0. The molecule has 0 aromatic carbocycles. The molecule has 0 nitrogen and oxygen atoms in total. The molecular formula is C8H12Br2. The van der Waals surface area contributed by atoms with E-state index in [2.05, 4.69) is 31.9 Å². The minimum absolute atomic E-state index is 0.799. The molecule has 0 spiro atoms. The molecule has 0 aliphatic heterocycles. The standard InChI is InChI=1S/C8H12Br2/c9-6-8(10)7-4-2-1-3-5-7/h6-7H,1-5H2/b8-6+. The van der Waals surface area contributed by atoms with Gasteiger partial charge in [-0.2, -0.15) is 0 Å². The molecule has 0 N–H and O–H groups in total. The average molecular weight is 268 g/mol. The van der Waals surface area contributed by atoms with E-state index in [1.54, 1.807) is 0 Å². The predicted octanol–water partition coefficient (Wildman–Crippen LogP) is 4.20. The van der Waals surface area contributed by atoms with Gasteiger partial charge in [-0.1, -0.05) is 51.1 Å². The first-order valence-electron chi connectivity index (χ1n) is 3.80. The lowest BCUT2D eigenvalue weighted by Gasteiger charge is -2.20. The van der Waals surface area contributed by atoms with E-state index in [9.17, 15) is 0 Å². The highest BCUT2D eigenvalue weighted by Crippen LogP contribution is 2.33. The van der Waals surface area contributed by atoms with Gasteiger partial charge in [0.1, 0.15) is 0 Å². The Bertz CT molecular complexity index is 123. The Morgan fingerprint density at radius 3 is 2.30 bits per heavy atom. The Morgan fingerprint density at radius 2 is 1.80 bits per heavy atom. The first-order valence-corrected chi connectivity index (χ1v) is 5.51. The fourth-order valence-corrected chi connectivity index (χ4v) is 2.30. The smallest absolute Gasteiger partial charge is 0.00507 e. The molecule has 0 aromatic rings. The van der Waals surface area contributed by atoms with Crippen molar-refractivity contribution >= 4 is 31.9 Å². The van der Waals surface area contributed by atoms with Crippen LogP contribution in [-0.2, 0) is 0 Å². The zero-order valence-electron chi connectivity index (χ0n) is 5.95. The van der Waals surface area contributed by atoms with Crippen LogP contribution in [0.15, 0.2) is 9.47 Å². The molecule has 1 aliphatic rings. The van der Waals surface area contributed by atoms with Crippen molar-refractivity contribution in [3.8, 4) is 0 Å². The van der Waals surface area contributed by atoms with Crippen LogP contribution in [0.1, 0.15) is 32.1 Å². The number of halogens is 2. The highest BCUT2D eigenvalue weighted by molar-refractivity contribution is 9.14. The van der Waals surface area contributed by atoms with E-state index in [1.807, 2.05) is 4.99 Å². The summed E-state index contributed by atoms with van der Waals surface area (Å²) in [6, 6.07) is 0. The summed E-state index contributed by atoms with van der Waals surface area (Å²) in [5.74, 6) is 0.799. The summed E-state index contributed by atoms with van der Waals surface area (Å²) >= 11 is 6.89. The van der Waals surface area contributed by atoms with Crippen molar-refractivity contribution in [3.63, 3.8) is 0 Å². The third-order valence-corrected chi connectivity index (χ3v) is 4.08. The molecule has 0 aromatic heterocycles. The molecule has 58 valence electrons. The monoisotopic (exact) mass is 266 g/mol. The summed E-state index contributed by atoms with van der Waals surface area (Å²) in [4.78, 5) is 2.00. The number of rotatable bonds is 1. The van der Waals surface area contributed by atoms with Gasteiger partial charge in [0.25, 0.3) is 0 Å². The average Bonchev–Trinajstić information content (AvgIpc) is 2.05. The molecule has 0 amide bonds. The van der Waals surface area contributed by atoms with Crippen molar-refractivity contribution in [3.05, 3.63) is 9.47 Å². The lowest BCUT2D eigenvalue weighted by Crippen LogP contribution is -2.05. The van der Waals surface area contributed by atoms with E-state index in [0.29, 0.717) is 0 Å². The molecular weight excluding hydrogens is 256 g/mol. The molecule has 0 atom stereocenters. The second kappa shape index (κ2) is 4.55. The molecule has 0 saturated heterocycles. The molecule has 0 unspecified atom stereocenters. The van der Waals surface area contributed by atoms with Gasteiger partial charge in [0.2, 0.25) is 0 Å².